The second kappa shape index (κ2) is 6.59. The van der Waals surface area contributed by atoms with Gasteiger partial charge in [-0.2, -0.15) is 0 Å². The molecule has 0 spiro atoms. The van der Waals surface area contributed by atoms with Crippen LogP contribution in [0.25, 0.3) is 21.8 Å². The predicted octanol–water partition coefficient (Wildman–Crippen LogP) is 5.43. The smallest absolute Gasteiger partial charge is 0.313 e. The summed E-state index contributed by atoms with van der Waals surface area (Å²) in [6.45, 7) is 1.94. The molecule has 134 valence electrons. The number of nitrogens with zero attached hydrogens (tertiary/aromatic N) is 4. The van der Waals surface area contributed by atoms with Gasteiger partial charge in [-0.3, -0.25) is 4.79 Å². The Balaban J connectivity index is 1.75. The number of azo groups is 1. The van der Waals surface area contributed by atoms with Gasteiger partial charge in [-0.15, -0.1) is 10.2 Å². The van der Waals surface area contributed by atoms with E-state index in [-0.39, 0.29) is 17.3 Å². The molecule has 0 fully saturated rings. The Morgan fingerprint density at radius 1 is 1.19 bits per heavy atom. The summed E-state index contributed by atoms with van der Waals surface area (Å²) in [7, 11) is 1.74. The van der Waals surface area contributed by atoms with E-state index in [9.17, 15) is 9.90 Å². The molecule has 0 radical (unpaired) electrons. The van der Waals surface area contributed by atoms with Crippen LogP contribution < -0.4 is 0 Å². The Kier molecular flexibility index (Phi) is 4.24. The van der Waals surface area contributed by atoms with Gasteiger partial charge in [0, 0.05) is 22.3 Å². The Morgan fingerprint density at radius 2 is 1.96 bits per heavy atom. The lowest BCUT2D eigenvalue weighted by atomic mass is 10.1. The molecule has 2 heterocycles. The second-order valence-electron chi connectivity index (χ2n) is 6.24. The van der Waals surface area contributed by atoms with Crippen LogP contribution in [0.15, 0.2) is 63.2 Å². The summed E-state index contributed by atoms with van der Waals surface area (Å²) in [5.74, 6) is -0.613. The summed E-state index contributed by atoms with van der Waals surface area (Å²) >= 11 is 3.45. The van der Waals surface area contributed by atoms with Crippen LogP contribution in [-0.4, -0.2) is 20.6 Å². The third kappa shape index (κ3) is 3.00. The minimum absolute atomic E-state index is 0.0470. The van der Waals surface area contributed by atoms with Crippen LogP contribution in [0, 0.1) is 6.92 Å². The van der Waals surface area contributed by atoms with Crippen molar-refractivity contribution in [3.05, 3.63) is 64.3 Å². The van der Waals surface area contributed by atoms with Crippen molar-refractivity contribution in [2.24, 2.45) is 17.3 Å². The molecule has 0 bridgehead atoms. The average Bonchev–Trinajstić information content (AvgIpc) is 2.89. The van der Waals surface area contributed by atoms with E-state index >= 15 is 0 Å². The Hall–Kier alpha value is -3.06. The molecule has 0 saturated carbocycles. The van der Waals surface area contributed by atoms with Crippen molar-refractivity contribution in [1.29, 1.82) is 0 Å². The van der Waals surface area contributed by atoms with Gasteiger partial charge in [-0.25, -0.2) is 4.98 Å². The molecular formula is C20H15BrN4O2. The summed E-state index contributed by atoms with van der Waals surface area (Å²) in [6.07, 6.45) is 0. The minimum Gasteiger partial charge on any atom is -0.493 e. The third-order valence-corrected chi connectivity index (χ3v) is 4.90. The number of carbonyl (C=O) groups excluding carboxylic acids is 1. The number of aromatic hydroxyl groups is 1. The number of pyridine rings is 1. The van der Waals surface area contributed by atoms with E-state index in [0.717, 1.165) is 20.9 Å². The number of carbonyl (C=O) groups is 1. The SMILES string of the molecule is Cc1cc(Br)cc2c(N=NC(=O)c3ccc4ccccc4n3)c(O)n(C)c12. The summed E-state index contributed by atoms with van der Waals surface area (Å²) in [5.41, 5.74) is 2.98. The number of hydrogen-bond donors (Lipinski definition) is 1. The van der Waals surface area contributed by atoms with Crippen LogP contribution in [0.2, 0.25) is 0 Å². The molecule has 4 rings (SSSR count). The van der Waals surface area contributed by atoms with Crippen LogP contribution in [0.4, 0.5) is 5.69 Å². The summed E-state index contributed by atoms with van der Waals surface area (Å²) in [5, 5.41) is 19.9. The van der Waals surface area contributed by atoms with Gasteiger partial charge in [0.05, 0.1) is 11.0 Å². The summed E-state index contributed by atoms with van der Waals surface area (Å²) in [4.78, 5) is 16.8. The number of para-hydroxylation sites is 1. The molecule has 7 heteroatoms. The summed E-state index contributed by atoms with van der Waals surface area (Å²) in [6, 6.07) is 14.8. The molecule has 0 saturated heterocycles. The molecule has 1 N–H and O–H groups in total. The first-order chi connectivity index (χ1) is 13.0. The average molecular weight is 423 g/mol. The zero-order chi connectivity index (χ0) is 19.1. The molecule has 2 aromatic carbocycles. The quantitative estimate of drug-likeness (QED) is 0.437. The van der Waals surface area contributed by atoms with Crippen LogP contribution in [0.5, 0.6) is 5.88 Å². The molecule has 0 aliphatic rings. The van der Waals surface area contributed by atoms with Gasteiger partial charge in [-0.1, -0.05) is 40.2 Å². The molecular weight excluding hydrogens is 408 g/mol. The van der Waals surface area contributed by atoms with Gasteiger partial charge in [0.25, 0.3) is 0 Å². The lowest BCUT2D eigenvalue weighted by Crippen LogP contribution is -1.97. The number of hydrogen-bond acceptors (Lipinski definition) is 4. The van der Waals surface area contributed by atoms with Gasteiger partial charge in [0.15, 0.2) is 5.69 Å². The fourth-order valence-corrected chi connectivity index (χ4v) is 3.75. The Labute approximate surface area is 163 Å². The van der Waals surface area contributed by atoms with E-state index < -0.39 is 5.91 Å². The standard InChI is InChI=1S/C20H15BrN4O2/c1-11-9-13(21)10-14-17(20(27)25(2)18(11)14)23-24-19(26)16-8-7-12-5-3-4-6-15(12)22-16/h3-10,27H,1-2H3. The van der Waals surface area contributed by atoms with E-state index in [0.29, 0.717) is 10.9 Å². The highest BCUT2D eigenvalue weighted by Gasteiger charge is 2.17. The number of amides is 1. The number of aromatic nitrogens is 2. The van der Waals surface area contributed by atoms with Crippen molar-refractivity contribution in [3.63, 3.8) is 0 Å². The molecule has 0 aliphatic carbocycles. The second-order valence-corrected chi connectivity index (χ2v) is 7.16. The van der Waals surface area contributed by atoms with Crippen molar-refractivity contribution in [2.75, 3.05) is 0 Å². The van der Waals surface area contributed by atoms with E-state index in [1.807, 2.05) is 49.4 Å². The number of benzene rings is 2. The fraction of sp³-hybridized carbons (Fsp3) is 0.100. The van der Waals surface area contributed by atoms with Crippen LogP contribution in [-0.2, 0) is 7.05 Å². The van der Waals surface area contributed by atoms with E-state index in [1.54, 1.807) is 17.7 Å². The highest BCUT2D eigenvalue weighted by atomic mass is 79.9. The highest BCUT2D eigenvalue weighted by molar-refractivity contribution is 9.10. The van der Waals surface area contributed by atoms with Crippen molar-refractivity contribution in [3.8, 4) is 5.88 Å². The lowest BCUT2D eigenvalue weighted by Gasteiger charge is -2.01. The first-order valence-electron chi connectivity index (χ1n) is 8.25. The van der Waals surface area contributed by atoms with Gasteiger partial charge in [0.1, 0.15) is 5.69 Å². The van der Waals surface area contributed by atoms with Crippen LogP contribution in [0.1, 0.15) is 16.1 Å². The van der Waals surface area contributed by atoms with Gasteiger partial charge in [0.2, 0.25) is 5.88 Å². The molecule has 1 amide bonds. The molecule has 0 unspecified atom stereocenters. The summed E-state index contributed by atoms with van der Waals surface area (Å²) < 4.78 is 2.49. The predicted molar refractivity (Wildman–Crippen MR) is 108 cm³/mol. The first kappa shape index (κ1) is 17.4. The van der Waals surface area contributed by atoms with E-state index in [2.05, 4.69) is 31.1 Å². The van der Waals surface area contributed by atoms with Crippen molar-refractivity contribution in [2.45, 2.75) is 6.92 Å². The van der Waals surface area contributed by atoms with Crippen LogP contribution >= 0.6 is 15.9 Å². The van der Waals surface area contributed by atoms with Gasteiger partial charge < -0.3 is 9.67 Å². The molecule has 4 aromatic rings. The fourth-order valence-electron chi connectivity index (χ4n) is 3.18. The largest absolute Gasteiger partial charge is 0.493 e. The Bertz CT molecular complexity index is 1240. The first-order valence-corrected chi connectivity index (χ1v) is 9.04. The molecule has 0 aliphatic heterocycles. The minimum atomic E-state index is -0.566. The maximum absolute atomic E-state index is 12.4. The topological polar surface area (TPSA) is 79.8 Å². The van der Waals surface area contributed by atoms with Gasteiger partial charge in [-0.05, 0) is 36.8 Å². The monoisotopic (exact) mass is 422 g/mol. The van der Waals surface area contributed by atoms with Crippen molar-refractivity contribution in [1.82, 2.24) is 9.55 Å². The number of fused-ring (bicyclic) bond motifs is 2. The normalized spacial score (nSPS) is 11.7. The lowest BCUT2D eigenvalue weighted by molar-refractivity contribution is 0.0990. The molecule has 2 aromatic heterocycles. The van der Waals surface area contributed by atoms with Gasteiger partial charge >= 0.3 is 5.91 Å². The zero-order valence-corrected chi connectivity index (χ0v) is 16.2. The zero-order valence-electron chi connectivity index (χ0n) is 14.6. The third-order valence-electron chi connectivity index (χ3n) is 4.44. The maximum atomic E-state index is 12.4. The number of halogens is 1. The number of aryl methyl sites for hydroxylation is 2. The molecule has 6 nitrogen and oxygen atoms in total. The van der Waals surface area contributed by atoms with E-state index in [4.69, 9.17) is 0 Å². The maximum Gasteiger partial charge on any atom is 0.313 e. The Morgan fingerprint density at radius 3 is 2.78 bits per heavy atom. The van der Waals surface area contributed by atoms with Crippen LogP contribution in [0.3, 0.4) is 0 Å². The van der Waals surface area contributed by atoms with Crippen molar-refractivity contribution >= 4 is 49.3 Å². The highest BCUT2D eigenvalue weighted by Crippen LogP contribution is 2.40. The number of rotatable bonds is 2. The van der Waals surface area contributed by atoms with E-state index in [1.165, 1.54) is 0 Å². The molecule has 0 atom stereocenters. The molecule has 27 heavy (non-hydrogen) atoms. The van der Waals surface area contributed by atoms with Crippen molar-refractivity contribution < 1.29 is 9.90 Å².